The average molecular weight is 222 g/mol. The lowest BCUT2D eigenvalue weighted by Crippen LogP contribution is -1.96. The minimum atomic E-state index is 0.644. The van der Waals surface area contributed by atoms with Crippen molar-refractivity contribution in [1.82, 2.24) is 9.78 Å². The fraction of sp³-hybridized carbons (Fsp3) is 0.182. The van der Waals surface area contributed by atoms with Crippen LogP contribution in [0.1, 0.15) is 5.56 Å². The van der Waals surface area contributed by atoms with Gasteiger partial charge in [0.15, 0.2) is 0 Å². The summed E-state index contributed by atoms with van der Waals surface area (Å²) in [6.45, 7) is 2.02. The SMILES string of the molecule is Cc1ccc(Cl)c(-c2c(N)cnn2C)c1. The fourth-order valence-electron chi connectivity index (χ4n) is 1.60. The van der Waals surface area contributed by atoms with Crippen LogP contribution < -0.4 is 5.73 Å². The Labute approximate surface area is 93.5 Å². The van der Waals surface area contributed by atoms with Gasteiger partial charge in [-0.2, -0.15) is 5.10 Å². The number of hydrogen-bond donors (Lipinski definition) is 1. The van der Waals surface area contributed by atoms with Crippen molar-refractivity contribution < 1.29 is 0 Å². The number of hydrogen-bond acceptors (Lipinski definition) is 2. The van der Waals surface area contributed by atoms with Crippen LogP contribution in [0.15, 0.2) is 24.4 Å². The molecule has 1 aromatic heterocycles. The highest BCUT2D eigenvalue weighted by Crippen LogP contribution is 2.31. The van der Waals surface area contributed by atoms with Gasteiger partial charge in [-0.3, -0.25) is 4.68 Å². The Morgan fingerprint density at radius 2 is 2.13 bits per heavy atom. The quantitative estimate of drug-likeness (QED) is 0.805. The first-order valence-corrected chi connectivity index (χ1v) is 5.01. The fourth-order valence-corrected chi connectivity index (χ4v) is 1.81. The van der Waals surface area contributed by atoms with Gasteiger partial charge >= 0.3 is 0 Å². The van der Waals surface area contributed by atoms with E-state index in [0.29, 0.717) is 10.7 Å². The van der Waals surface area contributed by atoms with Crippen LogP contribution in [0.3, 0.4) is 0 Å². The lowest BCUT2D eigenvalue weighted by atomic mass is 10.1. The van der Waals surface area contributed by atoms with E-state index in [1.807, 2.05) is 32.2 Å². The van der Waals surface area contributed by atoms with Gasteiger partial charge in [0.25, 0.3) is 0 Å². The van der Waals surface area contributed by atoms with Crippen molar-refractivity contribution in [1.29, 1.82) is 0 Å². The monoisotopic (exact) mass is 221 g/mol. The van der Waals surface area contributed by atoms with Crippen LogP contribution in [0.2, 0.25) is 5.02 Å². The van der Waals surface area contributed by atoms with Crippen molar-refractivity contribution >= 4 is 17.3 Å². The molecule has 0 saturated carbocycles. The van der Waals surface area contributed by atoms with Crippen molar-refractivity contribution in [2.45, 2.75) is 6.92 Å². The summed E-state index contributed by atoms with van der Waals surface area (Å²) in [7, 11) is 1.85. The van der Waals surface area contributed by atoms with Crippen LogP contribution in [0.25, 0.3) is 11.3 Å². The summed E-state index contributed by atoms with van der Waals surface area (Å²) in [6.07, 6.45) is 1.63. The highest BCUT2D eigenvalue weighted by molar-refractivity contribution is 6.33. The van der Waals surface area contributed by atoms with E-state index in [2.05, 4.69) is 5.10 Å². The van der Waals surface area contributed by atoms with Gasteiger partial charge in [0.05, 0.1) is 22.6 Å². The number of aromatic nitrogens is 2. The highest BCUT2D eigenvalue weighted by atomic mass is 35.5. The van der Waals surface area contributed by atoms with Crippen molar-refractivity contribution in [3.8, 4) is 11.3 Å². The van der Waals surface area contributed by atoms with Crippen LogP contribution >= 0.6 is 11.6 Å². The number of halogens is 1. The van der Waals surface area contributed by atoms with Crippen LogP contribution in [-0.2, 0) is 7.05 Å². The molecule has 0 amide bonds. The highest BCUT2D eigenvalue weighted by Gasteiger charge is 2.11. The van der Waals surface area contributed by atoms with Crippen molar-refractivity contribution in [3.05, 3.63) is 35.0 Å². The number of benzene rings is 1. The molecule has 2 aromatic rings. The predicted molar refractivity (Wildman–Crippen MR) is 62.8 cm³/mol. The van der Waals surface area contributed by atoms with E-state index >= 15 is 0 Å². The molecule has 0 bridgehead atoms. The van der Waals surface area contributed by atoms with E-state index < -0.39 is 0 Å². The van der Waals surface area contributed by atoms with Crippen LogP contribution in [0.5, 0.6) is 0 Å². The largest absolute Gasteiger partial charge is 0.396 e. The molecule has 0 saturated heterocycles. The Morgan fingerprint density at radius 3 is 2.73 bits per heavy atom. The van der Waals surface area contributed by atoms with Gasteiger partial charge < -0.3 is 5.73 Å². The lowest BCUT2D eigenvalue weighted by molar-refractivity contribution is 0.776. The second-order valence-corrected chi connectivity index (χ2v) is 3.96. The van der Waals surface area contributed by atoms with Gasteiger partial charge in [0.2, 0.25) is 0 Å². The predicted octanol–water partition coefficient (Wildman–Crippen LogP) is 2.63. The number of nitrogen functional groups attached to an aromatic ring is 1. The summed E-state index contributed by atoms with van der Waals surface area (Å²) in [5, 5.41) is 4.79. The molecule has 1 aromatic carbocycles. The Hall–Kier alpha value is -1.48. The van der Waals surface area contributed by atoms with Gasteiger partial charge in [-0.05, 0) is 19.1 Å². The second kappa shape index (κ2) is 3.59. The molecule has 78 valence electrons. The third-order valence-electron chi connectivity index (χ3n) is 2.34. The molecule has 3 nitrogen and oxygen atoms in total. The van der Waals surface area contributed by atoms with E-state index in [0.717, 1.165) is 16.8 Å². The molecule has 15 heavy (non-hydrogen) atoms. The minimum Gasteiger partial charge on any atom is -0.396 e. The van der Waals surface area contributed by atoms with Crippen LogP contribution in [-0.4, -0.2) is 9.78 Å². The molecule has 0 atom stereocenters. The maximum atomic E-state index is 6.13. The average Bonchev–Trinajstić information content (AvgIpc) is 2.51. The third-order valence-corrected chi connectivity index (χ3v) is 2.67. The van der Waals surface area contributed by atoms with Crippen molar-refractivity contribution in [2.75, 3.05) is 5.73 Å². The van der Waals surface area contributed by atoms with Crippen molar-refractivity contribution in [2.24, 2.45) is 7.05 Å². The Bertz CT molecular complexity index is 483. The number of aryl methyl sites for hydroxylation is 2. The number of nitrogens with zero attached hydrogens (tertiary/aromatic N) is 2. The van der Waals surface area contributed by atoms with Crippen LogP contribution in [0.4, 0.5) is 5.69 Å². The van der Waals surface area contributed by atoms with Gasteiger partial charge in [-0.25, -0.2) is 0 Å². The van der Waals surface area contributed by atoms with E-state index in [1.54, 1.807) is 10.9 Å². The van der Waals surface area contributed by atoms with E-state index in [1.165, 1.54) is 0 Å². The molecule has 0 spiro atoms. The topological polar surface area (TPSA) is 43.8 Å². The van der Waals surface area contributed by atoms with Gasteiger partial charge in [0, 0.05) is 12.6 Å². The van der Waals surface area contributed by atoms with E-state index in [4.69, 9.17) is 17.3 Å². The maximum absolute atomic E-state index is 6.13. The first-order valence-electron chi connectivity index (χ1n) is 4.63. The molecule has 4 heteroatoms. The Balaban J connectivity index is 2.68. The van der Waals surface area contributed by atoms with Gasteiger partial charge in [-0.1, -0.05) is 23.2 Å². The minimum absolute atomic E-state index is 0.644. The molecule has 0 radical (unpaired) electrons. The lowest BCUT2D eigenvalue weighted by Gasteiger charge is -2.07. The molecule has 0 aliphatic heterocycles. The third kappa shape index (κ3) is 1.70. The number of rotatable bonds is 1. The maximum Gasteiger partial charge on any atom is 0.0923 e. The van der Waals surface area contributed by atoms with Crippen molar-refractivity contribution in [3.63, 3.8) is 0 Å². The molecule has 0 unspecified atom stereocenters. The summed E-state index contributed by atoms with van der Waals surface area (Å²) in [6, 6.07) is 5.85. The normalized spacial score (nSPS) is 10.6. The zero-order valence-corrected chi connectivity index (χ0v) is 9.42. The molecule has 0 aliphatic rings. The summed E-state index contributed by atoms with van der Waals surface area (Å²) in [5.74, 6) is 0. The Morgan fingerprint density at radius 1 is 1.40 bits per heavy atom. The second-order valence-electron chi connectivity index (χ2n) is 3.56. The standard InChI is InChI=1S/C11H12ClN3/c1-7-3-4-9(12)8(5-7)11-10(13)6-14-15(11)2/h3-6H,13H2,1-2H3. The first-order chi connectivity index (χ1) is 7.09. The molecule has 0 fully saturated rings. The zero-order chi connectivity index (χ0) is 11.0. The van der Waals surface area contributed by atoms with Gasteiger partial charge in [-0.15, -0.1) is 0 Å². The number of nitrogens with two attached hydrogens (primary N) is 1. The van der Waals surface area contributed by atoms with Gasteiger partial charge in [0.1, 0.15) is 0 Å². The summed E-state index contributed by atoms with van der Waals surface area (Å²) in [5.41, 5.74) is 9.43. The Kier molecular flexibility index (Phi) is 2.40. The first kappa shape index (κ1) is 10.1. The van der Waals surface area contributed by atoms with Crippen LogP contribution in [0, 0.1) is 6.92 Å². The summed E-state index contributed by atoms with van der Waals surface area (Å²) in [4.78, 5) is 0. The molecule has 2 rings (SSSR count). The molecule has 0 aliphatic carbocycles. The summed E-state index contributed by atoms with van der Waals surface area (Å²) >= 11 is 6.13. The summed E-state index contributed by atoms with van der Waals surface area (Å²) < 4.78 is 1.73. The molecule has 2 N–H and O–H groups in total. The van der Waals surface area contributed by atoms with E-state index in [9.17, 15) is 0 Å². The molecule has 1 heterocycles. The van der Waals surface area contributed by atoms with E-state index in [-0.39, 0.29) is 0 Å². The molecular weight excluding hydrogens is 210 g/mol. The molecular formula is C11H12ClN3. The number of anilines is 1. The zero-order valence-electron chi connectivity index (χ0n) is 8.66. The smallest absolute Gasteiger partial charge is 0.0923 e.